The lowest BCUT2D eigenvalue weighted by molar-refractivity contribution is 0.256. The lowest BCUT2D eigenvalue weighted by Gasteiger charge is -2.29. The second kappa shape index (κ2) is 10.5. The fraction of sp³-hybridized carbons (Fsp3) is 0.321. The first-order chi connectivity index (χ1) is 17.6. The Kier molecular flexibility index (Phi) is 7.13. The van der Waals surface area contributed by atoms with Gasteiger partial charge < -0.3 is 10.2 Å². The van der Waals surface area contributed by atoms with Gasteiger partial charge in [0.15, 0.2) is 0 Å². The summed E-state index contributed by atoms with van der Waals surface area (Å²) in [4.78, 5) is 15.3. The van der Waals surface area contributed by atoms with Crippen molar-refractivity contribution in [2.75, 3.05) is 31.5 Å². The number of para-hydroxylation sites is 1. The number of aryl methyl sites for hydroxylation is 1. The summed E-state index contributed by atoms with van der Waals surface area (Å²) in [7, 11) is 0. The maximum Gasteiger partial charge on any atom is 0.271 e. The van der Waals surface area contributed by atoms with Gasteiger partial charge in [0.2, 0.25) is 0 Å². The molecule has 37 heavy (non-hydrogen) atoms. The first-order valence-corrected chi connectivity index (χ1v) is 12.6. The van der Waals surface area contributed by atoms with Crippen molar-refractivity contribution >= 4 is 18.2 Å². The summed E-state index contributed by atoms with van der Waals surface area (Å²) in [5.41, 5.74) is 4.50. The summed E-state index contributed by atoms with van der Waals surface area (Å²) in [6.45, 7) is 6.98. The number of likely N-dealkylation sites (tertiary alicyclic amines) is 1. The summed E-state index contributed by atoms with van der Waals surface area (Å²) < 4.78 is 17.2. The zero-order chi connectivity index (χ0) is 24.6. The predicted octanol–water partition coefficient (Wildman–Crippen LogP) is 4.77. The Bertz CT molecular complexity index is 1460. The van der Waals surface area contributed by atoms with Crippen LogP contribution in [0, 0.1) is 18.7 Å². The lowest BCUT2D eigenvalue weighted by atomic mass is 10.0. The average molecular weight is 521 g/mol. The molecule has 1 unspecified atom stereocenters. The van der Waals surface area contributed by atoms with Crippen LogP contribution in [0.1, 0.15) is 18.4 Å². The van der Waals surface area contributed by atoms with Crippen LogP contribution in [0.3, 0.4) is 0 Å². The van der Waals surface area contributed by atoms with Crippen LogP contribution in [0.4, 0.5) is 10.2 Å². The number of fused-ring (bicyclic) bond motifs is 1. The number of benzene rings is 2. The average Bonchev–Trinajstić information content (AvgIpc) is 3.53. The predicted molar refractivity (Wildman–Crippen MR) is 146 cm³/mol. The molecule has 0 spiro atoms. The Labute approximate surface area is 221 Å². The molecule has 4 heterocycles. The quantitative estimate of drug-likeness (QED) is 0.410. The number of hydrogen-bond acceptors (Lipinski definition) is 5. The number of aromatic nitrogens is 4. The Balaban J connectivity index is 0.00000280. The molecular weight excluding hydrogens is 491 g/mol. The molecule has 0 saturated carbocycles. The zero-order valence-electron chi connectivity index (χ0n) is 20.7. The Morgan fingerprint density at radius 1 is 1.00 bits per heavy atom. The van der Waals surface area contributed by atoms with Gasteiger partial charge in [-0.15, -0.1) is 12.4 Å². The van der Waals surface area contributed by atoms with Crippen molar-refractivity contribution in [3.63, 3.8) is 0 Å². The number of anilines is 1. The van der Waals surface area contributed by atoms with Crippen molar-refractivity contribution in [3.05, 3.63) is 82.4 Å². The minimum Gasteiger partial charge on any atom is -0.369 e. The Hall–Kier alpha value is -3.49. The fourth-order valence-electron chi connectivity index (χ4n) is 5.35. The molecule has 2 aromatic carbocycles. The third-order valence-electron chi connectivity index (χ3n) is 7.17. The number of nitrogens with zero attached hydrogens (tertiary/aromatic N) is 5. The van der Waals surface area contributed by atoms with Gasteiger partial charge in [-0.05, 0) is 74.8 Å². The van der Waals surface area contributed by atoms with Crippen molar-refractivity contribution in [1.82, 2.24) is 24.5 Å². The maximum atomic E-state index is 13.7. The highest BCUT2D eigenvalue weighted by Gasteiger charge is 2.29. The van der Waals surface area contributed by atoms with Crippen LogP contribution in [0.2, 0.25) is 0 Å². The standard InChI is InChI=1S/C28H29FN6O.ClH/c1-19-6-2-3-7-24(19)35-25(36)13-12-23(31-35)26-27(21-8-10-22(29)11-9-21)32-34-18-20(16-30-28(26)34)17-33-14-4-5-15-33;/h2-3,6-13,20,30H,4-5,14-18H2,1H3;1H. The molecule has 4 aromatic rings. The van der Waals surface area contributed by atoms with Gasteiger partial charge in [0.05, 0.1) is 16.9 Å². The third-order valence-corrected chi connectivity index (χ3v) is 7.17. The molecule has 2 aliphatic heterocycles. The van der Waals surface area contributed by atoms with Crippen LogP contribution in [0.5, 0.6) is 0 Å². The summed E-state index contributed by atoms with van der Waals surface area (Å²) >= 11 is 0. The molecule has 1 saturated heterocycles. The molecular formula is C28H30ClFN6O. The third kappa shape index (κ3) is 4.91. The van der Waals surface area contributed by atoms with Crippen molar-refractivity contribution in [3.8, 4) is 28.2 Å². The number of nitrogens with one attached hydrogen (secondary N) is 1. The number of hydrogen-bond donors (Lipinski definition) is 1. The normalized spacial score (nSPS) is 17.2. The van der Waals surface area contributed by atoms with Gasteiger partial charge in [0, 0.05) is 37.2 Å². The SMILES string of the molecule is Cc1ccccc1-n1nc(-c2c(-c3ccc(F)cc3)nn3c2NCC(CN2CCCC2)C3)ccc1=O.Cl. The highest BCUT2D eigenvalue weighted by molar-refractivity contribution is 5.87. The highest BCUT2D eigenvalue weighted by Crippen LogP contribution is 2.38. The molecule has 6 rings (SSSR count). The summed E-state index contributed by atoms with van der Waals surface area (Å²) in [6, 6.07) is 17.4. The topological polar surface area (TPSA) is 68.0 Å². The Morgan fingerprint density at radius 2 is 1.76 bits per heavy atom. The van der Waals surface area contributed by atoms with E-state index in [4.69, 9.17) is 10.2 Å². The Morgan fingerprint density at radius 3 is 2.51 bits per heavy atom. The van der Waals surface area contributed by atoms with E-state index in [2.05, 4.69) is 10.2 Å². The maximum absolute atomic E-state index is 13.7. The van der Waals surface area contributed by atoms with Gasteiger partial charge in [-0.1, -0.05) is 18.2 Å². The smallest absolute Gasteiger partial charge is 0.271 e. The summed E-state index contributed by atoms with van der Waals surface area (Å²) in [6.07, 6.45) is 2.54. The molecule has 0 aliphatic carbocycles. The van der Waals surface area contributed by atoms with Crippen LogP contribution in [-0.2, 0) is 6.54 Å². The highest BCUT2D eigenvalue weighted by atomic mass is 35.5. The van der Waals surface area contributed by atoms with Gasteiger partial charge in [0.1, 0.15) is 17.3 Å². The first kappa shape index (κ1) is 25.2. The molecule has 0 radical (unpaired) electrons. The second-order valence-electron chi connectivity index (χ2n) is 9.77. The van der Waals surface area contributed by atoms with Gasteiger partial charge in [-0.3, -0.25) is 4.79 Å². The van der Waals surface area contributed by atoms with E-state index in [9.17, 15) is 9.18 Å². The first-order valence-electron chi connectivity index (χ1n) is 12.6. The van der Waals surface area contributed by atoms with E-state index >= 15 is 0 Å². The lowest BCUT2D eigenvalue weighted by Crippen LogP contribution is -2.36. The van der Waals surface area contributed by atoms with Crippen LogP contribution < -0.4 is 10.9 Å². The molecule has 0 amide bonds. The fourth-order valence-corrected chi connectivity index (χ4v) is 5.35. The molecule has 1 atom stereocenters. The van der Waals surface area contributed by atoms with E-state index in [0.29, 0.717) is 11.6 Å². The minimum atomic E-state index is -0.292. The molecule has 192 valence electrons. The van der Waals surface area contributed by atoms with E-state index in [1.165, 1.54) is 42.7 Å². The van der Waals surface area contributed by atoms with Gasteiger partial charge in [0.25, 0.3) is 5.56 Å². The molecule has 7 nitrogen and oxygen atoms in total. The molecule has 2 aromatic heterocycles. The largest absolute Gasteiger partial charge is 0.369 e. The van der Waals surface area contributed by atoms with E-state index in [-0.39, 0.29) is 23.8 Å². The molecule has 1 N–H and O–H groups in total. The summed E-state index contributed by atoms with van der Waals surface area (Å²) in [5.74, 6) is 1.03. The number of halogens is 2. The van der Waals surface area contributed by atoms with Crippen LogP contribution in [0.25, 0.3) is 28.2 Å². The van der Waals surface area contributed by atoms with Gasteiger partial charge in [-0.25, -0.2) is 9.07 Å². The molecule has 0 bridgehead atoms. The van der Waals surface area contributed by atoms with Crippen molar-refractivity contribution in [2.45, 2.75) is 26.3 Å². The van der Waals surface area contributed by atoms with Crippen LogP contribution in [-0.4, -0.2) is 50.6 Å². The molecule has 1 fully saturated rings. The van der Waals surface area contributed by atoms with Gasteiger partial charge in [-0.2, -0.15) is 14.9 Å². The van der Waals surface area contributed by atoms with Crippen molar-refractivity contribution < 1.29 is 4.39 Å². The monoisotopic (exact) mass is 520 g/mol. The van der Waals surface area contributed by atoms with Crippen molar-refractivity contribution in [1.29, 1.82) is 0 Å². The van der Waals surface area contributed by atoms with E-state index in [1.807, 2.05) is 35.9 Å². The second-order valence-corrected chi connectivity index (χ2v) is 9.77. The van der Waals surface area contributed by atoms with E-state index in [1.54, 1.807) is 24.3 Å². The number of rotatable bonds is 5. The van der Waals surface area contributed by atoms with E-state index in [0.717, 1.165) is 53.5 Å². The van der Waals surface area contributed by atoms with Crippen LogP contribution in [0.15, 0.2) is 65.5 Å². The van der Waals surface area contributed by atoms with Crippen molar-refractivity contribution in [2.24, 2.45) is 5.92 Å². The zero-order valence-corrected chi connectivity index (χ0v) is 21.5. The van der Waals surface area contributed by atoms with E-state index < -0.39 is 0 Å². The summed E-state index contributed by atoms with van der Waals surface area (Å²) in [5, 5.41) is 13.4. The van der Waals surface area contributed by atoms with Crippen LogP contribution >= 0.6 is 12.4 Å². The molecule has 2 aliphatic rings. The molecule has 9 heteroatoms. The van der Waals surface area contributed by atoms with Gasteiger partial charge >= 0.3 is 0 Å². The minimum absolute atomic E-state index is 0.